The lowest BCUT2D eigenvalue weighted by Gasteiger charge is -2.01. The maximum Gasteiger partial charge on any atom is 0.312 e. The molecule has 2 aromatic heterocycles. The highest BCUT2D eigenvalue weighted by atomic mass is 32.1. The number of hydrogen-bond acceptors (Lipinski definition) is 4. The second-order valence-corrected chi connectivity index (χ2v) is 4.18. The van der Waals surface area contributed by atoms with Gasteiger partial charge < -0.3 is 4.74 Å². The van der Waals surface area contributed by atoms with Gasteiger partial charge in [0.15, 0.2) is 5.06 Å². The summed E-state index contributed by atoms with van der Waals surface area (Å²) in [5.41, 5.74) is 1.05. The minimum absolute atomic E-state index is 0.202. The molecule has 2 heterocycles. The van der Waals surface area contributed by atoms with E-state index in [-0.39, 0.29) is 5.97 Å². The summed E-state index contributed by atoms with van der Waals surface area (Å²) < 4.78 is 5.14. The highest BCUT2D eigenvalue weighted by Crippen LogP contribution is 2.18. The van der Waals surface area contributed by atoms with Crippen LogP contribution in [0.25, 0.3) is 0 Å². The number of hydrogen-bond donors (Lipinski definition) is 0. The van der Waals surface area contributed by atoms with Gasteiger partial charge in [0, 0.05) is 12.4 Å². The Morgan fingerprint density at radius 1 is 1.38 bits per heavy atom. The first-order valence-corrected chi connectivity index (χ1v) is 5.85. The van der Waals surface area contributed by atoms with Gasteiger partial charge in [0.1, 0.15) is 0 Å². The Morgan fingerprint density at radius 2 is 2.31 bits per heavy atom. The topological polar surface area (TPSA) is 39.2 Å². The summed E-state index contributed by atoms with van der Waals surface area (Å²) >= 11 is 1.42. The fraction of sp³-hybridized carbons (Fsp3) is 0.167. The Balaban J connectivity index is 1.80. The molecule has 0 fully saturated rings. The Morgan fingerprint density at radius 3 is 3.00 bits per heavy atom. The van der Waals surface area contributed by atoms with E-state index < -0.39 is 0 Å². The fourth-order valence-electron chi connectivity index (χ4n) is 1.28. The number of carbonyl (C=O) groups is 1. The van der Waals surface area contributed by atoms with Crippen LogP contribution in [0.5, 0.6) is 5.06 Å². The predicted octanol–water partition coefficient (Wildman–Crippen LogP) is 2.68. The molecule has 0 aliphatic rings. The van der Waals surface area contributed by atoms with Gasteiger partial charge in [-0.2, -0.15) is 0 Å². The first kappa shape index (κ1) is 10.8. The molecule has 0 amide bonds. The van der Waals surface area contributed by atoms with Crippen molar-refractivity contribution in [2.75, 3.05) is 0 Å². The standard InChI is InChI=1S/C12H11NO2S/c14-11(15-12-4-2-8-16-12)6-5-10-3-1-7-13-9-10/h1-4,7-9H,5-6H2. The van der Waals surface area contributed by atoms with Gasteiger partial charge in [-0.15, -0.1) is 11.3 Å². The lowest BCUT2D eigenvalue weighted by molar-refractivity contribution is -0.134. The number of aromatic nitrogens is 1. The molecule has 0 atom stereocenters. The van der Waals surface area contributed by atoms with Gasteiger partial charge >= 0.3 is 5.97 Å². The maximum atomic E-state index is 11.4. The normalized spacial score (nSPS) is 10.0. The molecule has 2 rings (SSSR count). The monoisotopic (exact) mass is 233 g/mol. The Hall–Kier alpha value is -1.68. The first-order chi connectivity index (χ1) is 7.84. The van der Waals surface area contributed by atoms with Gasteiger partial charge in [-0.25, -0.2) is 0 Å². The molecular weight excluding hydrogens is 222 g/mol. The molecule has 0 radical (unpaired) electrons. The van der Waals surface area contributed by atoms with E-state index in [1.165, 1.54) is 11.3 Å². The van der Waals surface area contributed by atoms with E-state index in [9.17, 15) is 4.79 Å². The average molecular weight is 233 g/mol. The zero-order valence-corrected chi connectivity index (χ0v) is 9.44. The van der Waals surface area contributed by atoms with Gasteiger partial charge in [-0.05, 0) is 35.6 Å². The number of nitrogens with zero attached hydrogens (tertiary/aromatic N) is 1. The molecule has 0 unspecified atom stereocenters. The summed E-state index contributed by atoms with van der Waals surface area (Å²) in [5, 5.41) is 2.53. The van der Waals surface area contributed by atoms with Gasteiger partial charge in [0.25, 0.3) is 0 Å². The van der Waals surface area contributed by atoms with Gasteiger partial charge in [-0.1, -0.05) is 6.07 Å². The molecular formula is C12H11NO2S. The van der Waals surface area contributed by atoms with E-state index >= 15 is 0 Å². The molecule has 82 valence electrons. The third kappa shape index (κ3) is 3.17. The second-order valence-electron chi connectivity index (χ2n) is 3.27. The smallest absolute Gasteiger partial charge is 0.312 e. The minimum atomic E-state index is -0.202. The van der Waals surface area contributed by atoms with Crippen LogP contribution in [0.15, 0.2) is 42.0 Å². The number of esters is 1. The summed E-state index contributed by atoms with van der Waals surface area (Å²) in [6.07, 6.45) is 4.52. The van der Waals surface area contributed by atoms with Crippen LogP contribution < -0.4 is 4.74 Å². The molecule has 4 heteroatoms. The quantitative estimate of drug-likeness (QED) is 0.762. The van der Waals surface area contributed by atoms with E-state index in [0.29, 0.717) is 17.9 Å². The number of aryl methyl sites for hydroxylation is 1. The van der Waals surface area contributed by atoms with Crippen molar-refractivity contribution in [1.29, 1.82) is 0 Å². The van der Waals surface area contributed by atoms with E-state index in [0.717, 1.165) is 5.56 Å². The molecule has 0 aliphatic heterocycles. The van der Waals surface area contributed by atoms with Crippen molar-refractivity contribution in [2.45, 2.75) is 12.8 Å². The van der Waals surface area contributed by atoms with Crippen LogP contribution in [0.4, 0.5) is 0 Å². The highest BCUT2D eigenvalue weighted by Gasteiger charge is 2.05. The van der Waals surface area contributed by atoms with Crippen LogP contribution in [-0.2, 0) is 11.2 Å². The molecule has 2 aromatic rings. The molecule has 0 saturated carbocycles. The average Bonchev–Trinajstić information content (AvgIpc) is 2.81. The van der Waals surface area contributed by atoms with Crippen LogP contribution in [0.2, 0.25) is 0 Å². The SMILES string of the molecule is O=C(CCc1cccnc1)Oc1cccs1. The van der Waals surface area contributed by atoms with Crippen LogP contribution in [0.3, 0.4) is 0 Å². The van der Waals surface area contributed by atoms with Gasteiger partial charge in [0.2, 0.25) is 0 Å². The maximum absolute atomic E-state index is 11.4. The Labute approximate surface area is 97.7 Å². The fourth-order valence-corrected chi connectivity index (χ4v) is 1.87. The summed E-state index contributed by atoms with van der Waals surface area (Å²) in [7, 11) is 0. The van der Waals surface area contributed by atoms with Crippen molar-refractivity contribution in [3.05, 3.63) is 47.6 Å². The minimum Gasteiger partial charge on any atom is -0.415 e. The van der Waals surface area contributed by atoms with Crippen LogP contribution in [0.1, 0.15) is 12.0 Å². The van der Waals surface area contributed by atoms with E-state index in [1.54, 1.807) is 18.5 Å². The lowest BCUT2D eigenvalue weighted by atomic mass is 10.2. The van der Waals surface area contributed by atoms with E-state index in [1.807, 2.05) is 23.6 Å². The first-order valence-electron chi connectivity index (χ1n) is 4.98. The lowest BCUT2D eigenvalue weighted by Crippen LogP contribution is -2.08. The van der Waals surface area contributed by atoms with E-state index in [4.69, 9.17) is 4.74 Å². The second kappa shape index (κ2) is 5.42. The predicted molar refractivity (Wildman–Crippen MR) is 62.5 cm³/mol. The zero-order valence-electron chi connectivity index (χ0n) is 8.63. The summed E-state index contributed by atoms with van der Waals surface area (Å²) in [5.74, 6) is -0.202. The van der Waals surface area contributed by atoms with Crippen molar-refractivity contribution in [1.82, 2.24) is 4.98 Å². The van der Waals surface area contributed by atoms with Gasteiger partial charge in [0.05, 0.1) is 6.42 Å². The Kier molecular flexibility index (Phi) is 3.66. The summed E-state index contributed by atoms with van der Waals surface area (Å²) in [4.78, 5) is 15.4. The third-order valence-corrected chi connectivity index (χ3v) is 2.80. The molecule has 3 nitrogen and oxygen atoms in total. The molecule has 0 saturated heterocycles. The number of pyridine rings is 1. The molecule has 0 N–H and O–H groups in total. The molecule has 0 spiro atoms. The number of thiophene rings is 1. The van der Waals surface area contributed by atoms with Crippen molar-refractivity contribution in [2.24, 2.45) is 0 Å². The third-order valence-electron chi connectivity index (χ3n) is 2.05. The number of ether oxygens (including phenoxy) is 1. The zero-order chi connectivity index (χ0) is 11.2. The molecule has 0 bridgehead atoms. The molecule has 0 aliphatic carbocycles. The molecule has 0 aromatic carbocycles. The highest BCUT2D eigenvalue weighted by molar-refractivity contribution is 7.11. The molecule has 16 heavy (non-hydrogen) atoms. The summed E-state index contributed by atoms with van der Waals surface area (Å²) in [6, 6.07) is 7.45. The Bertz CT molecular complexity index is 439. The van der Waals surface area contributed by atoms with Crippen LogP contribution >= 0.6 is 11.3 Å². The van der Waals surface area contributed by atoms with Crippen molar-refractivity contribution in [3.63, 3.8) is 0 Å². The number of rotatable bonds is 4. The van der Waals surface area contributed by atoms with Crippen molar-refractivity contribution >= 4 is 17.3 Å². The largest absolute Gasteiger partial charge is 0.415 e. The van der Waals surface area contributed by atoms with Gasteiger partial charge in [-0.3, -0.25) is 9.78 Å². The van der Waals surface area contributed by atoms with Crippen LogP contribution in [0, 0.1) is 0 Å². The van der Waals surface area contributed by atoms with Crippen molar-refractivity contribution in [3.8, 4) is 5.06 Å². The number of carbonyl (C=O) groups excluding carboxylic acids is 1. The van der Waals surface area contributed by atoms with Crippen molar-refractivity contribution < 1.29 is 9.53 Å². The van der Waals surface area contributed by atoms with Crippen LogP contribution in [-0.4, -0.2) is 11.0 Å². The summed E-state index contributed by atoms with van der Waals surface area (Å²) in [6.45, 7) is 0. The van der Waals surface area contributed by atoms with E-state index in [2.05, 4.69) is 4.98 Å².